The standard InChI is InChI=1S/C21H34O4/c1-6-7-8-11-21(3,4)18-15-17(14-16(2)20(18)24-5)9-10-19(23)25-13-12-22/h14-15,22H,6-13H2,1-5H3. The van der Waals surface area contributed by atoms with Crippen LogP contribution in [0.1, 0.15) is 69.6 Å². The van der Waals surface area contributed by atoms with E-state index in [0.29, 0.717) is 12.8 Å². The Hall–Kier alpha value is -1.55. The number of unbranched alkanes of at least 4 members (excludes halogenated alkanes) is 2. The summed E-state index contributed by atoms with van der Waals surface area (Å²) >= 11 is 0. The number of aliphatic hydroxyl groups is 1. The van der Waals surface area contributed by atoms with Crippen LogP contribution in [0, 0.1) is 6.92 Å². The maximum atomic E-state index is 11.7. The third-order valence-electron chi connectivity index (χ3n) is 4.65. The number of carbonyl (C=O) groups is 1. The van der Waals surface area contributed by atoms with Crippen LogP contribution >= 0.6 is 0 Å². The van der Waals surface area contributed by atoms with Gasteiger partial charge in [0.15, 0.2) is 0 Å². The van der Waals surface area contributed by atoms with Gasteiger partial charge in [-0.05, 0) is 36.3 Å². The Morgan fingerprint density at radius 3 is 2.56 bits per heavy atom. The van der Waals surface area contributed by atoms with Gasteiger partial charge in [-0.2, -0.15) is 0 Å². The fraction of sp³-hybridized carbons (Fsp3) is 0.667. The summed E-state index contributed by atoms with van der Waals surface area (Å²) in [4.78, 5) is 11.7. The first-order valence-corrected chi connectivity index (χ1v) is 9.30. The lowest BCUT2D eigenvalue weighted by Crippen LogP contribution is -2.19. The SMILES string of the molecule is CCCCCC(C)(C)c1cc(CCC(=O)OCCO)cc(C)c1OC. The highest BCUT2D eigenvalue weighted by Gasteiger charge is 2.25. The minimum atomic E-state index is -0.272. The van der Waals surface area contributed by atoms with Gasteiger partial charge in [0.05, 0.1) is 13.7 Å². The molecule has 0 radical (unpaired) electrons. The zero-order chi connectivity index (χ0) is 18.9. The van der Waals surface area contributed by atoms with Crippen molar-refractivity contribution in [3.63, 3.8) is 0 Å². The monoisotopic (exact) mass is 350 g/mol. The van der Waals surface area contributed by atoms with Crippen LogP contribution in [0.2, 0.25) is 0 Å². The fourth-order valence-corrected chi connectivity index (χ4v) is 3.20. The van der Waals surface area contributed by atoms with Gasteiger partial charge in [0, 0.05) is 12.0 Å². The molecule has 0 aliphatic heterocycles. The normalized spacial score (nSPS) is 11.4. The molecule has 0 aromatic heterocycles. The van der Waals surface area contributed by atoms with E-state index in [1.807, 2.05) is 0 Å². The lowest BCUT2D eigenvalue weighted by Gasteiger charge is -2.29. The molecule has 0 fully saturated rings. The molecule has 0 saturated heterocycles. The smallest absolute Gasteiger partial charge is 0.306 e. The Kier molecular flexibility index (Phi) is 8.98. The Balaban J connectivity index is 2.95. The predicted octanol–water partition coefficient (Wildman–Crippen LogP) is 4.33. The molecule has 1 aromatic rings. The molecule has 0 saturated carbocycles. The number of rotatable bonds is 11. The van der Waals surface area contributed by atoms with Gasteiger partial charge in [-0.25, -0.2) is 0 Å². The lowest BCUT2D eigenvalue weighted by atomic mass is 9.78. The fourth-order valence-electron chi connectivity index (χ4n) is 3.20. The van der Waals surface area contributed by atoms with Gasteiger partial charge >= 0.3 is 5.97 Å². The van der Waals surface area contributed by atoms with E-state index in [4.69, 9.17) is 14.6 Å². The molecule has 25 heavy (non-hydrogen) atoms. The first kappa shape index (κ1) is 21.5. The molecule has 1 N–H and O–H groups in total. The number of esters is 1. The van der Waals surface area contributed by atoms with Gasteiger partial charge in [0.1, 0.15) is 12.4 Å². The van der Waals surface area contributed by atoms with E-state index in [-0.39, 0.29) is 24.6 Å². The molecular weight excluding hydrogens is 316 g/mol. The quantitative estimate of drug-likeness (QED) is 0.477. The van der Waals surface area contributed by atoms with Crippen molar-refractivity contribution in [3.05, 3.63) is 28.8 Å². The van der Waals surface area contributed by atoms with Gasteiger partial charge in [-0.1, -0.05) is 52.2 Å². The van der Waals surface area contributed by atoms with Gasteiger partial charge in [-0.15, -0.1) is 0 Å². The van der Waals surface area contributed by atoms with E-state index in [2.05, 4.69) is 39.8 Å². The zero-order valence-corrected chi connectivity index (χ0v) is 16.5. The molecule has 4 heteroatoms. The van der Waals surface area contributed by atoms with Gasteiger partial charge in [0.2, 0.25) is 0 Å². The van der Waals surface area contributed by atoms with E-state index in [9.17, 15) is 4.79 Å². The Labute approximate surface area is 152 Å². The third-order valence-corrected chi connectivity index (χ3v) is 4.65. The highest BCUT2D eigenvalue weighted by atomic mass is 16.5. The van der Waals surface area contributed by atoms with E-state index in [1.165, 1.54) is 24.8 Å². The van der Waals surface area contributed by atoms with Crippen molar-refractivity contribution >= 4 is 5.97 Å². The number of aliphatic hydroxyl groups excluding tert-OH is 1. The summed E-state index contributed by atoms with van der Waals surface area (Å²) in [5, 5.41) is 8.72. The van der Waals surface area contributed by atoms with E-state index in [1.54, 1.807) is 7.11 Å². The number of ether oxygens (including phenoxy) is 2. The summed E-state index contributed by atoms with van der Waals surface area (Å²) in [6.07, 6.45) is 5.71. The number of hydrogen-bond acceptors (Lipinski definition) is 4. The molecule has 0 aliphatic rings. The summed E-state index contributed by atoms with van der Waals surface area (Å²) in [5.41, 5.74) is 3.46. The second-order valence-electron chi connectivity index (χ2n) is 7.28. The van der Waals surface area contributed by atoms with Crippen LogP contribution in [0.5, 0.6) is 5.75 Å². The topological polar surface area (TPSA) is 55.8 Å². The molecule has 0 aliphatic carbocycles. The highest BCUT2D eigenvalue weighted by Crippen LogP contribution is 2.38. The van der Waals surface area contributed by atoms with E-state index >= 15 is 0 Å². The van der Waals surface area contributed by atoms with Crippen LogP contribution in [0.15, 0.2) is 12.1 Å². The maximum absolute atomic E-state index is 11.7. The number of benzene rings is 1. The van der Waals surface area contributed by atoms with Gasteiger partial charge < -0.3 is 14.6 Å². The summed E-state index contributed by atoms with van der Waals surface area (Å²) in [6.45, 7) is 8.73. The van der Waals surface area contributed by atoms with Crippen molar-refractivity contribution in [2.75, 3.05) is 20.3 Å². The number of methoxy groups -OCH3 is 1. The average Bonchev–Trinajstić information content (AvgIpc) is 2.57. The molecule has 0 unspecified atom stereocenters. The van der Waals surface area contributed by atoms with Crippen molar-refractivity contribution in [2.24, 2.45) is 0 Å². The second kappa shape index (κ2) is 10.4. The summed E-state index contributed by atoms with van der Waals surface area (Å²) in [6, 6.07) is 4.26. The zero-order valence-electron chi connectivity index (χ0n) is 16.5. The van der Waals surface area contributed by atoms with Crippen LogP contribution in [-0.2, 0) is 21.4 Å². The highest BCUT2D eigenvalue weighted by molar-refractivity contribution is 5.69. The van der Waals surface area contributed by atoms with E-state index < -0.39 is 0 Å². The molecule has 4 nitrogen and oxygen atoms in total. The molecule has 0 heterocycles. The second-order valence-corrected chi connectivity index (χ2v) is 7.28. The van der Waals surface area contributed by atoms with Gasteiger partial charge in [-0.3, -0.25) is 4.79 Å². The average molecular weight is 350 g/mol. The molecular formula is C21H34O4. The summed E-state index contributed by atoms with van der Waals surface area (Å²) < 4.78 is 10.6. The van der Waals surface area contributed by atoms with Crippen molar-refractivity contribution < 1.29 is 19.4 Å². The minimum absolute atomic E-state index is 0.0265. The lowest BCUT2D eigenvalue weighted by molar-refractivity contribution is -0.144. The largest absolute Gasteiger partial charge is 0.496 e. The van der Waals surface area contributed by atoms with Crippen LogP contribution in [0.3, 0.4) is 0 Å². The van der Waals surface area contributed by atoms with E-state index in [0.717, 1.165) is 23.3 Å². The number of carbonyl (C=O) groups excluding carboxylic acids is 1. The molecule has 0 atom stereocenters. The minimum Gasteiger partial charge on any atom is -0.496 e. The van der Waals surface area contributed by atoms with Crippen LogP contribution < -0.4 is 4.74 Å². The Morgan fingerprint density at radius 2 is 1.96 bits per heavy atom. The summed E-state index contributed by atoms with van der Waals surface area (Å²) in [5.74, 6) is 0.680. The molecule has 0 spiro atoms. The van der Waals surface area contributed by atoms with Crippen molar-refractivity contribution in [2.45, 2.75) is 71.6 Å². The van der Waals surface area contributed by atoms with Crippen molar-refractivity contribution in [1.29, 1.82) is 0 Å². The Bertz CT molecular complexity index is 549. The van der Waals surface area contributed by atoms with Crippen LogP contribution in [0.25, 0.3) is 0 Å². The van der Waals surface area contributed by atoms with Gasteiger partial charge in [0.25, 0.3) is 0 Å². The summed E-state index contributed by atoms with van der Waals surface area (Å²) in [7, 11) is 1.72. The molecule has 1 rings (SSSR count). The third kappa shape index (κ3) is 6.69. The molecule has 0 bridgehead atoms. The molecule has 1 aromatic carbocycles. The van der Waals surface area contributed by atoms with Crippen molar-refractivity contribution in [3.8, 4) is 5.75 Å². The predicted molar refractivity (Wildman–Crippen MR) is 101 cm³/mol. The first-order valence-electron chi connectivity index (χ1n) is 9.30. The molecule has 142 valence electrons. The van der Waals surface area contributed by atoms with Crippen molar-refractivity contribution in [1.82, 2.24) is 0 Å². The maximum Gasteiger partial charge on any atom is 0.306 e. The first-order chi connectivity index (χ1) is 11.9. The Morgan fingerprint density at radius 1 is 1.24 bits per heavy atom. The molecule has 0 amide bonds. The van der Waals surface area contributed by atoms with Crippen LogP contribution in [-0.4, -0.2) is 31.4 Å². The van der Waals surface area contributed by atoms with Crippen LogP contribution in [0.4, 0.5) is 0 Å². The number of hydrogen-bond donors (Lipinski definition) is 1. The number of aryl methyl sites for hydroxylation is 2.